The largest absolute Gasteiger partial charge is 0.446 e. The van der Waals surface area contributed by atoms with E-state index in [4.69, 9.17) is 4.74 Å². The highest BCUT2D eigenvalue weighted by Crippen LogP contribution is 2.31. The molecule has 1 N–H and O–H groups in total. The molecule has 0 radical (unpaired) electrons. The summed E-state index contributed by atoms with van der Waals surface area (Å²) >= 11 is 0. The van der Waals surface area contributed by atoms with Crippen molar-refractivity contribution in [2.24, 2.45) is 4.99 Å². The van der Waals surface area contributed by atoms with E-state index >= 15 is 0 Å². The number of likely N-dealkylation sites (tertiary alicyclic amines) is 1. The van der Waals surface area contributed by atoms with Crippen LogP contribution in [0.2, 0.25) is 0 Å². The van der Waals surface area contributed by atoms with E-state index in [2.05, 4.69) is 15.2 Å². The second-order valence-electron chi connectivity index (χ2n) is 9.21. The average Bonchev–Trinajstić information content (AvgIpc) is 3.01. The Morgan fingerprint density at radius 3 is 2.66 bits per heavy atom. The van der Waals surface area contributed by atoms with Crippen molar-refractivity contribution < 1.29 is 19.1 Å². The van der Waals surface area contributed by atoms with Crippen molar-refractivity contribution in [2.45, 2.75) is 63.5 Å². The van der Waals surface area contributed by atoms with Crippen molar-refractivity contribution in [3.05, 3.63) is 12.2 Å². The summed E-state index contributed by atoms with van der Waals surface area (Å²) in [7, 11) is 0. The maximum absolute atomic E-state index is 12.5. The molecule has 158 valence electrons. The van der Waals surface area contributed by atoms with E-state index in [1.807, 2.05) is 25.7 Å². The van der Waals surface area contributed by atoms with Crippen molar-refractivity contribution in [2.75, 3.05) is 26.2 Å². The molecule has 4 rings (SSSR count). The quantitative estimate of drug-likeness (QED) is 0.735. The summed E-state index contributed by atoms with van der Waals surface area (Å²) in [5.74, 6) is -0.181. The Kier molecular flexibility index (Phi) is 5.10. The highest BCUT2D eigenvalue weighted by molar-refractivity contribution is 6.27. The van der Waals surface area contributed by atoms with E-state index in [9.17, 15) is 14.4 Å². The number of nitrogens with zero attached hydrogens (tertiary/aromatic N) is 4. The lowest BCUT2D eigenvalue weighted by Gasteiger charge is -2.39. The minimum atomic E-state index is -0.376. The van der Waals surface area contributed by atoms with E-state index in [0.29, 0.717) is 13.1 Å². The van der Waals surface area contributed by atoms with Crippen LogP contribution < -0.4 is 5.32 Å². The Labute approximate surface area is 170 Å². The number of hydrogen-bond donors (Lipinski definition) is 1. The minimum absolute atomic E-state index is 0.0488. The molecule has 2 saturated heterocycles. The molecule has 0 saturated carbocycles. The maximum Gasteiger partial charge on any atom is 0.407 e. The maximum atomic E-state index is 12.5. The molecule has 9 nitrogen and oxygen atoms in total. The summed E-state index contributed by atoms with van der Waals surface area (Å²) in [5, 5.41) is 2.82. The van der Waals surface area contributed by atoms with E-state index in [1.165, 1.54) is 6.21 Å². The number of piperidine rings is 1. The zero-order valence-corrected chi connectivity index (χ0v) is 17.2. The molecule has 0 bridgehead atoms. The van der Waals surface area contributed by atoms with Gasteiger partial charge in [0, 0.05) is 37.8 Å². The molecular formula is C20H29N5O4. The average molecular weight is 403 g/mol. The van der Waals surface area contributed by atoms with Crippen LogP contribution in [0.1, 0.15) is 33.6 Å². The van der Waals surface area contributed by atoms with Gasteiger partial charge in [0.05, 0.1) is 12.3 Å². The highest BCUT2D eigenvalue weighted by atomic mass is 16.6. The predicted molar refractivity (Wildman–Crippen MR) is 106 cm³/mol. The molecule has 4 heterocycles. The van der Waals surface area contributed by atoms with Crippen LogP contribution >= 0.6 is 0 Å². The molecule has 3 atom stereocenters. The van der Waals surface area contributed by atoms with Crippen molar-refractivity contribution >= 4 is 24.1 Å². The zero-order valence-electron chi connectivity index (χ0n) is 17.2. The zero-order chi connectivity index (χ0) is 20.8. The molecule has 0 aromatic rings. The first-order valence-corrected chi connectivity index (χ1v) is 10.3. The number of rotatable bonds is 3. The number of nitrogens with one attached hydrogen (secondary N) is 1. The summed E-state index contributed by atoms with van der Waals surface area (Å²) in [6.07, 6.45) is 5.48. The molecule has 0 aromatic carbocycles. The first kappa shape index (κ1) is 19.9. The van der Waals surface area contributed by atoms with Crippen molar-refractivity contribution in [1.82, 2.24) is 20.0 Å². The Bertz CT molecular complexity index is 750. The molecule has 0 spiro atoms. The molecule has 2 fully saturated rings. The van der Waals surface area contributed by atoms with E-state index < -0.39 is 0 Å². The monoisotopic (exact) mass is 403 g/mol. The third-order valence-corrected chi connectivity index (χ3v) is 5.80. The number of amides is 3. The topological polar surface area (TPSA) is 94.5 Å². The molecule has 0 aliphatic carbocycles. The summed E-state index contributed by atoms with van der Waals surface area (Å²) < 4.78 is 5.54. The second-order valence-corrected chi connectivity index (χ2v) is 9.21. The van der Waals surface area contributed by atoms with Crippen molar-refractivity contribution in [3.63, 3.8) is 0 Å². The minimum Gasteiger partial charge on any atom is -0.446 e. The lowest BCUT2D eigenvalue weighted by molar-refractivity contribution is -0.135. The number of alkyl carbamates (subject to hydrolysis) is 1. The van der Waals surface area contributed by atoms with Crippen molar-refractivity contribution in [3.8, 4) is 0 Å². The number of carbonyl (C=O) groups is 3. The van der Waals surface area contributed by atoms with Gasteiger partial charge in [0.1, 0.15) is 18.3 Å². The normalized spacial score (nSPS) is 30.0. The predicted octanol–water partition coefficient (Wildman–Crippen LogP) is 0.364. The van der Waals surface area contributed by atoms with Crippen LogP contribution in [0.25, 0.3) is 0 Å². The van der Waals surface area contributed by atoms with Gasteiger partial charge in [-0.3, -0.25) is 14.6 Å². The van der Waals surface area contributed by atoms with Gasteiger partial charge in [-0.05, 0) is 33.6 Å². The van der Waals surface area contributed by atoms with E-state index in [0.717, 1.165) is 25.9 Å². The second kappa shape index (κ2) is 7.44. The molecule has 3 amide bonds. The van der Waals surface area contributed by atoms with Crippen LogP contribution in [0, 0.1) is 0 Å². The Balaban J connectivity index is 1.32. The van der Waals surface area contributed by atoms with Gasteiger partial charge in [-0.25, -0.2) is 4.79 Å². The van der Waals surface area contributed by atoms with Crippen LogP contribution in [0.15, 0.2) is 17.1 Å². The molecule has 9 heteroatoms. The van der Waals surface area contributed by atoms with Gasteiger partial charge in [0.25, 0.3) is 5.91 Å². The standard InChI is InChI=1S/C20H29N5O4/c1-20(2,3)22-19(28)29-14-6-8-23(9-7-14)11-13-12-24-17(27)10-21-15-4-5-16(26)25(13)18(15)24/h4-5,10,13-15,18H,6-9,11-12H2,1-3H3,(H,22,28). The molecular weight excluding hydrogens is 374 g/mol. The third-order valence-electron chi connectivity index (χ3n) is 5.80. The van der Waals surface area contributed by atoms with Gasteiger partial charge in [0.2, 0.25) is 5.91 Å². The van der Waals surface area contributed by atoms with Crippen LogP contribution in [0.4, 0.5) is 4.79 Å². The Morgan fingerprint density at radius 1 is 1.24 bits per heavy atom. The van der Waals surface area contributed by atoms with Crippen LogP contribution in [-0.2, 0) is 14.3 Å². The first-order valence-electron chi connectivity index (χ1n) is 10.3. The third kappa shape index (κ3) is 4.14. The molecule has 4 aliphatic rings. The summed E-state index contributed by atoms with van der Waals surface area (Å²) in [4.78, 5) is 46.9. The SMILES string of the molecule is CC(C)(C)NC(=O)OC1CCN(CC2CN3C(=O)C=NC4C=CC(=O)N2C43)CC1. The molecule has 0 aromatic heterocycles. The van der Waals surface area contributed by atoms with E-state index in [1.54, 1.807) is 17.1 Å². The summed E-state index contributed by atoms with van der Waals surface area (Å²) in [6, 6.07) is -0.219. The van der Waals surface area contributed by atoms with Gasteiger partial charge < -0.3 is 24.8 Å². The van der Waals surface area contributed by atoms with Gasteiger partial charge in [0.15, 0.2) is 0 Å². The van der Waals surface area contributed by atoms with Gasteiger partial charge in [-0.2, -0.15) is 0 Å². The highest BCUT2D eigenvalue weighted by Gasteiger charge is 2.50. The lowest BCUT2D eigenvalue weighted by atomic mass is 10.1. The van der Waals surface area contributed by atoms with Gasteiger partial charge in [-0.1, -0.05) is 6.08 Å². The number of carbonyl (C=O) groups excluding carboxylic acids is 3. The Hall–Kier alpha value is -2.42. The molecule has 3 unspecified atom stereocenters. The number of ether oxygens (including phenoxy) is 1. The fourth-order valence-corrected chi connectivity index (χ4v) is 4.53. The molecule has 29 heavy (non-hydrogen) atoms. The number of aliphatic imine (C=N–C) groups is 1. The fraction of sp³-hybridized carbons (Fsp3) is 0.700. The Morgan fingerprint density at radius 2 is 1.97 bits per heavy atom. The first-order chi connectivity index (χ1) is 13.7. The van der Waals surface area contributed by atoms with Crippen LogP contribution in [-0.4, -0.2) is 94.9 Å². The summed E-state index contributed by atoms with van der Waals surface area (Å²) in [5.41, 5.74) is -0.319. The van der Waals surface area contributed by atoms with Crippen LogP contribution in [0.3, 0.4) is 0 Å². The fourth-order valence-electron chi connectivity index (χ4n) is 4.53. The number of hydrogen-bond acceptors (Lipinski definition) is 6. The van der Waals surface area contributed by atoms with Gasteiger partial charge >= 0.3 is 6.09 Å². The smallest absolute Gasteiger partial charge is 0.407 e. The molecule has 4 aliphatic heterocycles. The van der Waals surface area contributed by atoms with Crippen LogP contribution in [0.5, 0.6) is 0 Å². The van der Waals surface area contributed by atoms with Crippen molar-refractivity contribution in [1.29, 1.82) is 0 Å². The van der Waals surface area contributed by atoms with E-state index in [-0.39, 0.29) is 47.8 Å². The summed E-state index contributed by atoms with van der Waals surface area (Å²) in [6.45, 7) is 8.58. The lowest BCUT2D eigenvalue weighted by Crippen LogP contribution is -2.56. The van der Waals surface area contributed by atoms with Gasteiger partial charge in [-0.15, -0.1) is 0 Å².